The number of thioether (sulfide) groups is 1. The zero-order valence-electron chi connectivity index (χ0n) is 8.65. The molecule has 0 atom stereocenters. The van der Waals surface area contributed by atoms with Crippen LogP contribution < -0.4 is 0 Å². The predicted molar refractivity (Wildman–Crippen MR) is 55.6 cm³/mol. The van der Waals surface area contributed by atoms with Gasteiger partial charge in [0, 0.05) is 18.7 Å². The predicted octanol–water partition coefficient (Wildman–Crippen LogP) is 1.18. The number of hydrogen-bond acceptors (Lipinski definition) is 4. The van der Waals surface area contributed by atoms with E-state index in [2.05, 4.69) is 0 Å². The quantitative estimate of drug-likeness (QED) is 0.789. The van der Waals surface area contributed by atoms with Gasteiger partial charge in [0.25, 0.3) is 5.24 Å². The van der Waals surface area contributed by atoms with E-state index in [9.17, 15) is 14.4 Å². The lowest BCUT2D eigenvalue weighted by Crippen LogP contribution is -2.46. The van der Waals surface area contributed by atoms with Crippen molar-refractivity contribution in [3.05, 3.63) is 0 Å². The molecule has 0 aromatic rings. The van der Waals surface area contributed by atoms with Gasteiger partial charge in [-0.2, -0.15) is 0 Å². The Morgan fingerprint density at radius 2 is 2.13 bits per heavy atom. The van der Waals surface area contributed by atoms with Crippen LogP contribution in [0.4, 0.5) is 4.79 Å². The summed E-state index contributed by atoms with van der Waals surface area (Å²) in [5, 5.41) is 8.54. The molecule has 0 saturated carbocycles. The number of amides is 2. The largest absolute Gasteiger partial charge is 0.481 e. The van der Waals surface area contributed by atoms with Crippen LogP contribution in [0.5, 0.6) is 0 Å². The van der Waals surface area contributed by atoms with Crippen molar-refractivity contribution in [3.63, 3.8) is 0 Å². The third-order valence-corrected chi connectivity index (χ3v) is 3.07. The number of carbonyl (C=O) groups is 3. The highest BCUT2D eigenvalue weighted by atomic mass is 32.2. The summed E-state index contributed by atoms with van der Waals surface area (Å²) in [7, 11) is 0. The summed E-state index contributed by atoms with van der Waals surface area (Å²) in [6.45, 7) is 2.93. The molecule has 0 bridgehead atoms. The van der Waals surface area contributed by atoms with Gasteiger partial charge in [-0.3, -0.25) is 19.3 Å². The van der Waals surface area contributed by atoms with E-state index in [-0.39, 0.29) is 17.7 Å². The average molecular weight is 231 g/mol. The molecule has 1 aliphatic heterocycles. The second-order valence-electron chi connectivity index (χ2n) is 4.03. The molecule has 5 nitrogen and oxygen atoms in total. The molecule has 15 heavy (non-hydrogen) atoms. The number of rotatable bonds is 3. The topological polar surface area (TPSA) is 74.7 Å². The maximum atomic E-state index is 11.4. The van der Waals surface area contributed by atoms with Crippen LogP contribution in [0.3, 0.4) is 0 Å². The minimum absolute atomic E-state index is 0.0625. The highest BCUT2D eigenvalue weighted by Gasteiger charge is 2.36. The number of nitrogens with zero attached hydrogens (tertiary/aromatic N) is 1. The van der Waals surface area contributed by atoms with Crippen LogP contribution in [0.25, 0.3) is 0 Å². The summed E-state index contributed by atoms with van der Waals surface area (Å²) in [6.07, 6.45) is 0.298. The Morgan fingerprint density at radius 1 is 1.53 bits per heavy atom. The van der Waals surface area contributed by atoms with Gasteiger partial charge in [0.2, 0.25) is 5.91 Å². The van der Waals surface area contributed by atoms with Crippen molar-refractivity contribution in [2.24, 2.45) is 5.41 Å². The fourth-order valence-corrected chi connectivity index (χ4v) is 1.93. The van der Waals surface area contributed by atoms with Crippen molar-refractivity contribution in [2.75, 3.05) is 12.3 Å². The molecule has 1 rings (SSSR count). The number of aliphatic carboxylic acids is 1. The van der Waals surface area contributed by atoms with E-state index in [1.807, 2.05) is 0 Å². The minimum Gasteiger partial charge on any atom is -0.481 e. The van der Waals surface area contributed by atoms with Crippen LogP contribution in [0.2, 0.25) is 0 Å². The van der Waals surface area contributed by atoms with Crippen LogP contribution in [0.15, 0.2) is 0 Å². The standard InChI is InChI=1S/C9H13NO4S/c1-9(2,7(12)13)5-10-6(11)3-4-15-8(10)14/h3-5H2,1-2H3,(H,12,13). The van der Waals surface area contributed by atoms with Crippen molar-refractivity contribution in [3.8, 4) is 0 Å². The number of carboxylic acid groups (broad SMARTS) is 1. The first-order valence-corrected chi connectivity index (χ1v) is 5.53. The summed E-state index contributed by atoms with van der Waals surface area (Å²) in [5.41, 5.74) is -1.09. The van der Waals surface area contributed by atoms with Gasteiger partial charge in [-0.05, 0) is 13.8 Å². The number of carboxylic acids is 1. The lowest BCUT2D eigenvalue weighted by atomic mass is 9.93. The average Bonchev–Trinajstić information content (AvgIpc) is 2.11. The molecule has 84 valence electrons. The smallest absolute Gasteiger partial charge is 0.310 e. The van der Waals surface area contributed by atoms with E-state index in [0.29, 0.717) is 12.2 Å². The minimum atomic E-state index is -1.09. The van der Waals surface area contributed by atoms with Gasteiger partial charge in [0.15, 0.2) is 0 Å². The molecule has 1 N–H and O–H groups in total. The molecule has 1 heterocycles. The Balaban J connectivity index is 2.75. The third-order valence-electron chi connectivity index (χ3n) is 2.20. The van der Waals surface area contributed by atoms with Crippen molar-refractivity contribution < 1.29 is 19.5 Å². The lowest BCUT2D eigenvalue weighted by molar-refractivity contribution is -0.148. The molecule has 1 aliphatic rings. The second kappa shape index (κ2) is 4.22. The molecule has 1 saturated heterocycles. The second-order valence-corrected chi connectivity index (χ2v) is 5.08. The fraction of sp³-hybridized carbons (Fsp3) is 0.667. The summed E-state index contributed by atoms with van der Waals surface area (Å²) in [4.78, 5) is 34.7. The highest BCUT2D eigenvalue weighted by molar-refractivity contribution is 8.13. The van der Waals surface area contributed by atoms with Crippen LogP contribution >= 0.6 is 11.8 Å². The Hall–Kier alpha value is -1.04. The maximum Gasteiger partial charge on any atom is 0.310 e. The first-order valence-electron chi connectivity index (χ1n) is 4.55. The van der Waals surface area contributed by atoms with Gasteiger partial charge in [-0.15, -0.1) is 0 Å². The summed E-state index contributed by atoms with van der Waals surface area (Å²) >= 11 is 1.06. The Bertz CT molecular complexity index is 297. The van der Waals surface area contributed by atoms with Gasteiger partial charge in [0.1, 0.15) is 0 Å². The molecule has 0 aromatic heterocycles. The first kappa shape index (κ1) is 12.0. The van der Waals surface area contributed by atoms with Crippen LogP contribution in [0.1, 0.15) is 20.3 Å². The Morgan fingerprint density at radius 3 is 2.60 bits per heavy atom. The summed E-state index contributed by atoms with van der Waals surface area (Å²) < 4.78 is 0. The third kappa shape index (κ3) is 2.71. The van der Waals surface area contributed by atoms with E-state index in [1.54, 1.807) is 0 Å². The van der Waals surface area contributed by atoms with E-state index in [0.717, 1.165) is 16.7 Å². The van der Waals surface area contributed by atoms with E-state index in [4.69, 9.17) is 5.11 Å². The van der Waals surface area contributed by atoms with Gasteiger partial charge in [0.05, 0.1) is 5.41 Å². The number of imide groups is 1. The molecule has 0 spiro atoms. The number of hydrogen-bond donors (Lipinski definition) is 1. The molecule has 0 aliphatic carbocycles. The normalized spacial score (nSPS) is 18.1. The highest BCUT2D eigenvalue weighted by Crippen LogP contribution is 2.24. The maximum absolute atomic E-state index is 11.4. The molecule has 2 amide bonds. The zero-order valence-corrected chi connectivity index (χ0v) is 9.47. The van der Waals surface area contributed by atoms with Gasteiger partial charge < -0.3 is 5.11 Å². The Kier molecular flexibility index (Phi) is 3.38. The first-order chi connectivity index (χ1) is 6.84. The van der Waals surface area contributed by atoms with E-state index in [1.165, 1.54) is 13.8 Å². The molecular weight excluding hydrogens is 218 g/mol. The van der Waals surface area contributed by atoms with Crippen molar-refractivity contribution >= 4 is 28.9 Å². The fourth-order valence-electron chi connectivity index (χ4n) is 1.16. The monoisotopic (exact) mass is 231 g/mol. The van der Waals surface area contributed by atoms with E-state index < -0.39 is 11.4 Å². The van der Waals surface area contributed by atoms with Gasteiger partial charge >= 0.3 is 5.97 Å². The van der Waals surface area contributed by atoms with Crippen LogP contribution in [0, 0.1) is 5.41 Å². The van der Waals surface area contributed by atoms with Crippen LogP contribution in [-0.4, -0.2) is 39.4 Å². The molecule has 1 fully saturated rings. The summed E-state index contributed by atoms with van der Waals surface area (Å²) in [6, 6.07) is 0. The van der Waals surface area contributed by atoms with Gasteiger partial charge in [-0.1, -0.05) is 11.8 Å². The van der Waals surface area contributed by atoms with Gasteiger partial charge in [-0.25, -0.2) is 0 Å². The van der Waals surface area contributed by atoms with Crippen molar-refractivity contribution in [1.82, 2.24) is 4.90 Å². The van der Waals surface area contributed by atoms with Crippen molar-refractivity contribution in [2.45, 2.75) is 20.3 Å². The molecular formula is C9H13NO4S. The number of carbonyl (C=O) groups excluding carboxylic acids is 2. The molecule has 6 heteroatoms. The Labute approximate surface area is 91.8 Å². The SMILES string of the molecule is CC(C)(CN1C(=O)CCSC1=O)C(=O)O. The molecule has 0 aromatic carbocycles. The zero-order chi connectivity index (χ0) is 11.6. The summed E-state index contributed by atoms with van der Waals surface area (Å²) in [5.74, 6) is -0.812. The lowest BCUT2D eigenvalue weighted by Gasteiger charge is -2.30. The van der Waals surface area contributed by atoms with E-state index >= 15 is 0 Å². The van der Waals surface area contributed by atoms with Crippen molar-refractivity contribution in [1.29, 1.82) is 0 Å². The molecule has 0 radical (unpaired) electrons. The van der Waals surface area contributed by atoms with Crippen LogP contribution in [-0.2, 0) is 9.59 Å². The molecule has 0 unspecified atom stereocenters.